The molecule has 0 aliphatic rings. The Labute approximate surface area is 105 Å². The number of nitrogens with zero attached hydrogens (tertiary/aromatic N) is 2. The van der Waals surface area contributed by atoms with Crippen LogP contribution in [0.15, 0.2) is 27.4 Å². The number of carbonyl (C=O) groups is 1. The molecule has 1 aromatic heterocycles. The van der Waals surface area contributed by atoms with E-state index < -0.39 is 5.76 Å². The molecule has 2 aromatic rings. The van der Waals surface area contributed by atoms with Gasteiger partial charge in [-0.05, 0) is 32.0 Å². The number of amides is 1. The van der Waals surface area contributed by atoms with Crippen molar-refractivity contribution in [2.75, 3.05) is 13.1 Å². The predicted octanol–water partition coefficient (Wildman–Crippen LogP) is 1.61. The molecule has 1 heterocycles. The number of hydrogen-bond donors (Lipinski definition) is 0. The smallest absolute Gasteiger partial charge is 0.408 e. The highest BCUT2D eigenvalue weighted by molar-refractivity contribution is 5.97. The Bertz CT molecular complexity index is 635. The first-order valence-corrected chi connectivity index (χ1v) is 5.97. The normalized spacial score (nSPS) is 10.8. The monoisotopic (exact) mass is 248 g/mol. The van der Waals surface area contributed by atoms with Gasteiger partial charge in [0.2, 0.25) is 0 Å². The summed E-state index contributed by atoms with van der Waals surface area (Å²) >= 11 is 0. The van der Waals surface area contributed by atoms with Crippen molar-refractivity contribution >= 4 is 17.0 Å². The highest BCUT2D eigenvalue weighted by atomic mass is 16.4. The third-order valence-corrected chi connectivity index (χ3v) is 3.09. The van der Waals surface area contributed by atoms with Crippen LogP contribution in [0.4, 0.5) is 0 Å². The molecule has 1 amide bonds. The molecule has 5 nitrogen and oxygen atoms in total. The van der Waals surface area contributed by atoms with Crippen molar-refractivity contribution in [2.45, 2.75) is 13.8 Å². The molecule has 0 radical (unpaired) electrons. The SMILES string of the molecule is CCN(CC)C(=O)c1ccc2oc(=O)n(C)c2c1. The van der Waals surface area contributed by atoms with Crippen molar-refractivity contribution in [1.82, 2.24) is 9.47 Å². The Morgan fingerprint density at radius 2 is 2.00 bits per heavy atom. The second-order valence-corrected chi connectivity index (χ2v) is 4.09. The van der Waals surface area contributed by atoms with E-state index in [0.717, 1.165) is 0 Å². The summed E-state index contributed by atoms with van der Waals surface area (Å²) in [4.78, 5) is 25.3. The largest absolute Gasteiger partial charge is 0.419 e. The lowest BCUT2D eigenvalue weighted by atomic mass is 10.1. The van der Waals surface area contributed by atoms with Gasteiger partial charge in [-0.15, -0.1) is 0 Å². The summed E-state index contributed by atoms with van der Waals surface area (Å²) in [5, 5.41) is 0. The second-order valence-electron chi connectivity index (χ2n) is 4.09. The molecule has 0 atom stereocenters. The minimum absolute atomic E-state index is 0.0319. The first-order valence-electron chi connectivity index (χ1n) is 5.97. The molecular weight excluding hydrogens is 232 g/mol. The Morgan fingerprint density at radius 1 is 1.33 bits per heavy atom. The third kappa shape index (κ3) is 1.92. The second kappa shape index (κ2) is 4.68. The number of rotatable bonds is 3. The van der Waals surface area contributed by atoms with Gasteiger partial charge in [-0.3, -0.25) is 9.36 Å². The van der Waals surface area contributed by atoms with E-state index in [2.05, 4.69) is 0 Å². The number of oxazole rings is 1. The number of aromatic nitrogens is 1. The zero-order valence-electron chi connectivity index (χ0n) is 10.8. The fourth-order valence-corrected chi connectivity index (χ4v) is 1.95. The minimum Gasteiger partial charge on any atom is -0.408 e. The summed E-state index contributed by atoms with van der Waals surface area (Å²) in [7, 11) is 1.62. The molecule has 0 unspecified atom stereocenters. The Morgan fingerprint density at radius 3 is 2.61 bits per heavy atom. The lowest BCUT2D eigenvalue weighted by Gasteiger charge is -2.18. The molecule has 0 spiro atoms. The maximum Gasteiger partial charge on any atom is 0.419 e. The molecule has 18 heavy (non-hydrogen) atoms. The highest BCUT2D eigenvalue weighted by Gasteiger charge is 2.14. The molecule has 0 fully saturated rings. The quantitative estimate of drug-likeness (QED) is 0.829. The Kier molecular flexibility index (Phi) is 3.23. The van der Waals surface area contributed by atoms with E-state index in [9.17, 15) is 9.59 Å². The summed E-state index contributed by atoms with van der Waals surface area (Å²) in [6, 6.07) is 5.04. The maximum absolute atomic E-state index is 12.2. The van der Waals surface area contributed by atoms with E-state index >= 15 is 0 Å². The number of carbonyl (C=O) groups excluding carboxylic acids is 1. The van der Waals surface area contributed by atoms with Crippen LogP contribution in [0.25, 0.3) is 11.1 Å². The lowest BCUT2D eigenvalue weighted by molar-refractivity contribution is 0.0773. The van der Waals surface area contributed by atoms with Crippen LogP contribution in [0.5, 0.6) is 0 Å². The fourth-order valence-electron chi connectivity index (χ4n) is 1.95. The maximum atomic E-state index is 12.2. The van der Waals surface area contributed by atoms with Crippen LogP contribution in [0, 0.1) is 0 Å². The average Bonchev–Trinajstić information content (AvgIpc) is 2.66. The fraction of sp³-hybridized carbons (Fsp3) is 0.385. The van der Waals surface area contributed by atoms with Gasteiger partial charge in [0, 0.05) is 25.7 Å². The summed E-state index contributed by atoms with van der Waals surface area (Å²) in [6.07, 6.45) is 0. The van der Waals surface area contributed by atoms with E-state index in [-0.39, 0.29) is 5.91 Å². The highest BCUT2D eigenvalue weighted by Crippen LogP contribution is 2.15. The van der Waals surface area contributed by atoms with Crippen LogP contribution in [0.2, 0.25) is 0 Å². The van der Waals surface area contributed by atoms with E-state index in [1.165, 1.54) is 4.57 Å². The number of aryl methyl sites for hydroxylation is 1. The van der Waals surface area contributed by atoms with E-state index in [0.29, 0.717) is 29.8 Å². The summed E-state index contributed by atoms with van der Waals surface area (Å²) in [6.45, 7) is 5.20. The van der Waals surface area contributed by atoms with Gasteiger partial charge in [0.15, 0.2) is 5.58 Å². The summed E-state index contributed by atoms with van der Waals surface area (Å²) in [5.74, 6) is -0.451. The molecule has 0 bridgehead atoms. The zero-order chi connectivity index (χ0) is 13.3. The minimum atomic E-state index is -0.419. The Hall–Kier alpha value is -2.04. The molecular formula is C13H16N2O3. The zero-order valence-corrected chi connectivity index (χ0v) is 10.8. The molecule has 0 saturated heterocycles. The molecule has 2 rings (SSSR count). The number of hydrogen-bond acceptors (Lipinski definition) is 3. The predicted molar refractivity (Wildman–Crippen MR) is 68.7 cm³/mol. The van der Waals surface area contributed by atoms with E-state index in [1.54, 1.807) is 30.1 Å². The van der Waals surface area contributed by atoms with Crippen molar-refractivity contribution in [3.63, 3.8) is 0 Å². The van der Waals surface area contributed by atoms with Crippen LogP contribution in [-0.4, -0.2) is 28.5 Å². The van der Waals surface area contributed by atoms with Crippen LogP contribution in [-0.2, 0) is 7.05 Å². The van der Waals surface area contributed by atoms with Gasteiger partial charge in [0.25, 0.3) is 5.91 Å². The van der Waals surface area contributed by atoms with Crippen molar-refractivity contribution in [1.29, 1.82) is 0 Å². The van der Waals surface area contributed by atoms with Gasteiger partial charge in [-0.2, -0.15) is 0 Å². The molecule has 0 N–H and O–H groups in total. The van der Waals surface area contributed by atoms with Crippen molar-refractivity contribution < 1.29 is 9.21 Å². The number of fused-ring (bicyclic) bond motifs is 1. The molecule has 0 aliphatic heterocycles. The standard InChI is InChI=1S/C13H16N2O3/c1-4-15(5-2)12(16)9-6-7-11-10(8-9)14(3)13(17)18-11/h6-8H,4-5H2,1-3H3. The Balaban J connectivity index is 2.50. The van der Waals surface area contributed by atoms with Crippen LogP contribution < -0.4 is 5.76 Å². The molecule has 0 saturated carbocycles. The molecule has 1 aromatic carbocycles. The molecule has 0 aliphatic carbocycles. The molecule has 96 valence electrons. The van der Waals surface area contributed by atoms with Gasteiger partial charge in [0.1, 0.15) is 0 Å². The van der Waals surface area contributed by atoms with Crippen molar-refractivity contribution in [3.05, 3.63) is 34.3 Å². The van der Waals surface area contributed by atoms with Crippen LogP contribution in [0.1, 0.15) is 24.2 Å². The van der Waals surface area contributed by atoms with Gasteiger partial charge >= 0.3 is 5.76 Å². The first kappa shape index (κ1) is 12.4. The van der Waals surface area contributed by atoms with Crippen molar-refractivity contribution in [2.24, 2.45) is 7.05 Å². The third-order valence-electron chi connectivity index (χ3n) is 3.09. The average molecular weight is 248 g/mol. The topological polar surface area (TPSA) is 55.5 Å². The number of benzene rings is 1. The van der Waals surface area contributed by atoms with Gasteiger partial charge in [0.05, 0.1) is 5.52 Å². The summed E-state index contributed by atoms with van der Waals surface area (Å²) in [5.41, 5.74) is 1.71. The van der Waals surface area contributed by atoms with Crippen LogP contribution >= 0.6 is 0 Å². The molecule has 5 heteroatoms. The van der Waals surface area contributed by atoms with Crippen LogP contribution in [0.3, 0.4) is 0 Å². The first-order chi connectivity index (χ1) is 8.58. The van der Waals surface area contributed by atoms with Gasteiger partial charge in [-0.25, -0.2) is 4.79 Å². The summed E-state index contributed by atoms with van der Waals surface area (Å²) < 4.78 is 6.43. The van der Waals surface area contributed by atoms with Crippen molar-refractivity contribution in [3.8, 4) is 0 Å². The van der Waals surface area contributed by atoms with Gasteiger partial charge in [-0.1, -0.05) is 0 Å². The van der Waals surface area contributed by atoms with Gasteiger partial charge < -0.3 is 9.32 Å². The lowest BCUT2D eigenvalue weighted by Crippen LogP contribution is -2.30. The van der Waals surface area contributed by atoms with E-state index in [1.807, 2.05) is 13.8 Å². The van der Waals surface area contributed by atoms with E-state index in [4.69, 9.17) is 4.42 Å².